The van der Waals surface area contributed by atoms with E-state index in [2.05, 4.69) is 0 Å². The number of carbonyl (C=O) groups excluding carboxylic acids is 1. The number of ether oxygens (including phenoxy) is 3. The first-order chi connectivity index (χ1) is 16.4. The molecule has 1 aliphatic heterocycles. The van der Waals surface area contributed by atoms with Crippen LogP contribution in [0.4, 0.5) is 0 Å². The fraction of sp³-hybridized carbons (Fsp3) is 0.407. The molecule has 0 saturated heterocycles. The van der Waals surface area contributed by atoms with Crippen molar-refractivity contribution in [3.8, 4) is 17.2 Å². The Kier molecular flexibility index (Phi) is 7.53. The van der Waals surface area contributed by atoms with Crippen LogP contribution in [-0.4, -0.2) is 48.4 Å². The fourth-order valence-electron chi connectivity index (χ4n) is 4.70. The van der Waals surface area contributed by atoms with Gasteiger partial charge in [0.05, 0.1) is 18.8 Å². The second-order valence-electron chi connectivity index (χ2n) is 8.78. The summed E-state index contributed by atoms with van der Waals surface area (Å²) < 4.78 is 16.7. The molecule has 3 atom stereocenters. The Morgan fingerprint density at radius 1 is 1.18 bits per heavy atom. The van der Waals surface area contributed by atoms with Crippen molar-refractivity contribution in [1.29, 1.82) is 0 Å². The Labute approximate surface area is 199 Å². The largest absolute Gasteiger partial charge is 0.496 e. The highest BCUT2D eigenvalue weighted by atomic mass is 16.6. The molecule has 0 bridgehead atoms. The molecule has 0 amide bonds. The standard InChI is InChI=1S/C27H30O7/c1-32-24-16-26-25(33-12-13-34-26)15-20(24)14-21(28)9-7-18-8-11-23(29)22(18)10-4-17-2-5-19(6-3-17)27(30)31/h2-3,5-7,9,15-16,18,21-22,28H,4,8,10-14H2,1H3,(H,30,31)/b9-7+. The number of fused-ring (bicyclic) bond motifs is 1. The highest BCUT2D eigenvalue weighted by Crippen LogP contribution is 2.38. The number of aliphatic hydroxyl groups excluding tert-OH is 1. The van der Waals surface area contributed by atoms with Crippen molar-refractivity contribution in [1.82, 2.24) is 0 Å². The number of carboxylic acids is 1. The van der Waals surface area contributed by atoms with E-state index in [1.165, 1.54) is 0 Å². The number of aliphatic hydroxyl groups is 1. The quantitative estimate of drug-likeness (QED) is 0.541. The van der Waals surface area contributed by atoms with E-state index in [9.17, 15) is 14.7 Å². The maximum absolute atomic E-state index is 12.5. The van der Waals surface area contributed by atoms with Gasteiger partial charge in [-0.25, -0.2) is 4.79 Å². The Bertz CT molecular complexity index is 1060. The summed E-state index contributed by atoms with van der Waals surface area (Å²) in [5.74, 6) is 1.22. The van der Waals surface area contributed by atoms with Crippen LogP contribution >= 0.6 is 0 Å². The van der Waals surface area contributed by atoms with E-state index in [0.717, 1.165) is 17.5 Å². The Morgan fingerprint density at radius 2 is 1.88 bits per heavy atom. The highest BCUT2D eigenvalue weighted by molar-refractivity contribution is 5.87. The van der Waals surface area contributed by atoms with Crippen LogP contribution in [0.5, 0.6) is 17.2 Å². The number of aromatic carboxylic acids is 1. The van der Waals surface area contributed by atoms with Crippen molar-refractivity contribution in [2.24, 2.45) is 11.8 Å². The van der Waals surface area contributed by atoms with Gasteiger partial charge in [-0.05, 0) is 48.9 Å². The van der Waals surface area contributed by atoms with Crippen LogP contribution in [0.25, 0.3) is 0 Å². The van der Waals surface area contributed by atoms with Crippen molar-refractivity contribution in [3.05, 3.63) is 65.2 Å². The number of Topliss-reactive ketones (excluding diaryl/α,β-unsaturated/α-hetero) is 1. The van der Waals surface area contributed by atoms with Gasteiger partial charge in [0.2, 0.25) is 0 Å². The first-order valence-electron chi connectivity index (χ1n) is 11.6. The van der Waals surface area contributed by atoms with E-state index in [1.807, 2.05) is 12.1 Å². The molecule has 3 unspecified atom stereocenters. The van der Waals surface area contributed by atoms with Crippen LogP contribution < -0.4 is 14.2 Å². The lowest BCUT2D eigenvalue weighted by molar-refractivity contribution is -0.121. The summed E-state index contributed by atoms with van der Waals surface area (Å²) in [6, 6.07) is 10.4. The number of rotatable bonds is 9. The first kappa shape index (κ1) is 23.8. The predicted molar refractivity (Wildman–Crippen MR) is 126 cm³/mol. The monoisotopic (exact) mass is 466 g/mol. The van der Waals surface area contributed by atoms with Crippen molar-refractivity contribution in [3.63, 3.8) is 0 Å². The lowest BCUT2D eigenvalue weighted by Crippen LogP contribution is -2.17. The normalized spacial score (nSPS) is 20.5. The van der Waals surface area contributed by atoms with Crippen molar-refractivity contribution in [2.45, 2.75) is 38.2 Å². The predicted octanol–water partition coefficient (Wildman–Crippen LogP) is 3.85. The molecule has 0 spiro atoms. The third kappa shape index (κ3) is 5.59. The number of carboxylic acid groups (broad SMARTS) is 1. The van der Waals surface area contributed by atoms with Crippen LogP contribution in [-0.2, 0) is 17.6 Å². The lowest BCUT2D eigenvalue weighted by Gasteiger charge is -2.21. The minimum absolute atomic E-state index is 0.0857. The zero-order valence-corrected chi connectivity index (χ0v) is 19.2. The van der Waals surface area contributed by atoms with Crippen molar-refractivity contribution >= 4 is 11.8 Å². The zero-order chi connectivity index (χ0) is 24.1. The molecule has 4 rings (SSSR count). The van der Waals surface area contributed by atoms with Gasteiger partial charge in [-0.15, -0.1) is 0 Å². The lowest BCUT2D eigenvalue weighted by atomic mass is 9.88. The second-order valence-corrected chi connectivity index (χ2v) is 8.78. The molecule has 180 valence electrons. The summed E-state index contributed by atoms with van der Waals surface area (Å²) >= 11 is 0. The number of ketones is 1. The summed E-state index contributed by atoms with van der Waals surface area (Å²) in [6.45, 7) is 0.984. The van der Waals surface area contributed by atoms with Crippen LogP contribution in [0.2, 0.25) is 0 Å². The fourth-order valence-corrected chi connectivity index (χ4v) is 4.70. The molecule has 2 N–H and O–H groups in total. The van der Waals surface area contributed by atoms with E-state index in [4.69, 9.17) is 19.3 Å². The average Bonchev–Trinajstić information content (AvgIpc) is 3.20. The minimum Gasteiger partial charge on any atom is -0.496 e. The Hall–Kier alpha value is -3.32. The van der Waals surface area contributed by atoms with Gasteiger partial charge in [-0.3, -0.25) is 4.79 Å². The molecule has 2 aliphatic rings. The molecule has 7 nitrogen and oxygen atoms in total. The molecule has 0 aromatic heterocycles. The van der Waals surface area contributed by atoms with Crippen LogP contribution in [0, 0.1) is 11.8 Å². The van der Waals surface area contributed by atoms with Crippen molar-refractivity contribution < 1.29 is 34.0 Å². The first-order valence-corrected chi connectivity index (χ1v) is 11.6. The molecule has 1 fully saturated rings. The van der Waals surface area contributed by atoms with Gasteiger partial charge >= 0.3 is 5.97 Å². The number of methoxy groups -OCH3 is 1. The zero-order valence-electron chi connectivity index (χ0n) is 19.2. The van der Waals surface area contributed by atoms with Crippen LogP contribution in [0.15, 0.2) is 48.6 Å². The number of hydrogen-bond donors (Lipinski definition) is 2. The van der Waals surface area contributed by atoms with Gasteiger partial charge in [0.25, 0.3) is 0 Å². The van der Waals surface area contributed by atoms with E-state index in [-0.39, 0.29) is 23.2 Å². The average molecular weight is 467 g/mol. The van der Waals surface area contributed by atoms with Gasteiger partial charge in [0.1, 0.15) is 24.7 Å². The van der Waals surface area contributed by atoms with Gasteiger partial charge in [0, 0.05) is 30.4 Å². The summed E-state index contributed by atoms with van der Waals surface area (Å²) in [5, 5.41) is 19.7. The summed E-state index contributed by atoms with van der Waals surface area (Å²) in [4.78, 5) is 23.5. The molecule has 1 aliphatic carbocycles. The molecular weight excluding hydrogens is 436 g/mol. The minimum atomic E-state index is -0.949. The molecule has 0 radical (unpaired) electrons. The maximum atomic E-state index is 12.5. The molecular formula is C27H30O7. The maximum Gasteiger partial charge on any atom is 0.335 e. The van der Waals surface area contributed by atoms with Gasteiger partial charge in [-0.1, -0.05) is 24.3 Å². The number of aryl methyl sites for hydroxylation is 1. The summed E-state index contributed by atoms with van der Waals surface area (Å²) in [6.07, 6.45) is 6.10. The van der Waals surface area contributed by atoms with Crippen LogP contribution in [0.3, 0.4) is 0 Å². The molecule has 34 heavy (non-hydrogen) atoms. The third-order valence-electron chi connectivity index (χ3n) is 6.55. The number of benzene rings is 2. The van der Waals surface area contributed by atoms with E-state index in [1.54, 1.807) is 43.5 Å². The van der Waals surface area contributed by atoms with Crippen molar-refractivity contribution in [2.75, 3.05) is 20.3 Å². The smallest absolute Gasteiger partial charge is 0.335 e. The molecule has 7 heteroatoms. The number of hydrogen-bond acceptors (Lipinski definition) is 6. The number of allylic oxidation sites excluding steroid dienone is 1. The summed E-state index contributed by atoms with van der Waals surface area (Å²) in [5.41, 5.74) is 2.09. The Morgan fingerprint density at radius 3 is 2.56 bits per heavy atom. The SMILES string of the molecule is COc1cc2c(cc1CC(O)/C=C/C1CCC(=O)C1CCc1ccc(C(=O)O)cc1)OCCO2. The third-order valence-corrected chi connectivity index (χ3v) is 6.55. The topological polar surface area (TPSA) is 102 Å². The second kappa shape index (κ2) is 10.7. The molecule has 1 heterocycles. The number of carbonyl (C=O) groups is 2. The summed E-state index contributed by atoms with van der Waals surface area (Å²) in [7, 11) is 1.58. The van der Waals surface area contributed by atoms with Crippen LogP contribution in [0.1, 0.15) is 40.7 Å². The molecule has 1 saturated carbocycles. The Balaban J connectivity index is 1.37. The van der Waals surface area contributed by atoms with Gasteiger partial charge in [0.15, 0.2) is 11.5 Å². The van der Waals surface area contributed by atoms with E-state index >= 15 is 0 Å². The van der Waals surface area contributed by atoms with E-state index in [0.29, 0.717) is 56.1 Å². The van der Waals surface area contributed by atoms with E-state index < -0.39 is 12.1 Å². The highest BCUT2D eigenvalue weighted by Gasteiger charge is 2.32. The van der Waals surface area contributed by atoms with Gasteiger partial charge in [-0.2, -0.15) is 0 Å². The molecule has 2 aromatic rings. The van der Waals surface area contributed by atoms with Gasteiger partial charge < -0.3 is 24.4 Å². The molecule has 2 aromatic carbocycles.